The Balaban J connectivity index is 1.92. The number of carbonyl (C=O) groups excluding carboxylic acids is 1. The minimum atomic E-state index is -4.44. The number of aromatic amines is 1. The number of halogens is 3. The molecular weight excluding hydrogens is 363 g/mol. The number of carbonyl (C=O) groups is 1. The van der Waals surface area contributed by atoms with Crippen LogP contribution in [0.2, 0.25) is 0 Å². The van der Waals surface area contributed by atoms with Crippen molar-refractivity contribution >= 4 is 22.9 Å². The highest BCUT2D eigenvalue weighted by molar-refractivity contribution is 7.10. The van der Waals surface area contributed by atoms with Gasteiger partial charge in [-0.25, -0.2) is 0 Å². The number of nitrogens with one attached hydrogen (secondary N) is 2. The highest BCUT2D eigenvalue weighted by Gasteiger charge is 2.31. The fraction of sp³-hybridized carbons (Fsp3) is 0.222. The highest BCUT2D eigenvalue weighted by Crippen LogP contribution is 2.35. The fourth-order valence-corrected chi connectivity index (χ4v) is 3.28. The molecule has 2 heterocycles. The molecule has 0 saturated heterocycles. The van der Waals surface area contributed by atoms with Gasteiger partial charge < -0.3 is 5.32 Å². The third-order valence-electron chi connectivity index (χ3n) is 3.84. The predicted molar refractivity (Wildman–Crippen MR) is 95.1 cm³/mol. The van der Waals surface area contributed by atoms with Gasteiger partial charge in [0.15, 0.2) is 0 Å². The molecule has 0 fully saturated rings. The molecule has 0 aliphatic carbocycles. The lowest BCUT2D eigenvalue weighted by Gasteiger charge is -2.10. The zero-order chi connectivity index (χ0) is 18.7. The monoisotopic (exact) mass is 379 g/mol. The molecule has 0 saturated carbocycles. The molecule has 0 spiro atoms. The van der Waals surface area contributed by atoms with Crippen LogP contribution in [0.3, 0.4) is 0 Å². The summed E-state index contributed by atoms with van der Waals surface area (Å²) in [5, 5.41) is 11.6. The van der Waals surface area contributed by atoms with Crippen LogP contribution in [-0.2, 0) is 23.8 Å². The van der Waals surface area contributed by atoms with Crippen molar-refractivity contribution in [2.45, 2.75) is 25.9 Å². The SMILES string of the molecule is CCc1[nH]nc(-c2cccc(C(F)(F)F)c2)c1NC(=O)Cc1cccs1. The number of aromatic nitrogens is 2. The summed E-state index contributed by atoms with van der Waals surface area (Å²) in [4.78, 5) is 13.2. The maximum Gasteiger partial charge on any atom is 0.416 e. The number of amides is 1. The maximum atomic E-state index is 13.0. The molecule has 1 amide bonds. The fourth-order valence-electron chi connectivity index (χ4n) is 2.58. The predicted octanol–water partition coefficient (Wildman–Crippen LogP) is 4.90. The van der Waals surface area contributed by atoms with Gasteiger partial charge in [-0.3, -0.25) is 9.89 Å². The van der Waals surface area contributed by atoms with Crippen molar-refractivity contribution in [2.75, 3.05) is 5.32 Å². The first-order valence-corrected chi connectivity index (χ1v) is 8.83. The Morgan fingerprint density at radius 2 is 2.08 bits per heavy atom. The molecule has 136 valence electrons. The minimum absolute atomic E-state index is 0.202. The van der Waals surface area contributed by atoms with Gasteiger partial charge in [-0.15, -0.1) is 11.3 Å². The first kappa shape index (κ1) is 18.2. The van der Waals surface area contributed by atoms with E-state index in [0.29, 0.717) is 29.1 Å². The second-order valence-corrected chi connectivity index (χ2v) is 6.69. The summed E-state index contributed by atoms with van der Waals surface area (Å²) in [6, 6.07) is 8.62. The zero-order valence-corrected chi connectivity index (χ0v) is 14.7. The standard InChI is InChI=1S/C18H16F3N3OS/c1-2-14-17(22-15(25)10-13-7-4-8-26-13)16(24-23-14)11-5-3-6-12(9-11)18(19,20)21/h3-9H,2,10H2,1H3,(H,22,25)(H,23,24). The summed E-state index contributed by atoms with van der Waals surface area (Å²) >= 11 is 1.47. The number of aryl methyl sites for hydroxylation is 1. The number of hydrogen-bond donors (Lipinski definition) is 2. The van der Waals surface area contributed by atoms with Crippen LogP contribution in [-0.4, -0.2) is 16.1 Å². The molecule has 1 aromatic carbocycles. The molecule has 8 heteroatoms. The number of hydrogen-bond acceptors (Lipinski definition) is 3. The Kier molecular flexibility index (Phi) is 5.13. The molecule has 2 N–H and O–H groups in total. The largest absolute Gasteiger partial charge is 0.416 e. The van der Waals surface area contributed by atoms with Crippen LogP contribution in [0.5, 0.6) is 0 Å². The van der Waals surface area contributed by atoms with Crippen molar-refractivity contribution in [3.05, 3.63) is 57.9 Å². The van der Waals surface area contributed by atoms with Crippen LogP contribution in [0.25, 0.3) is 11.3 Å². The van der Waals surface area contributed by atoms with Gasteiger partial charge in [0.25, 0.3) is 0 Å². The summed E-state index contributed by atoms with van der Waals surface area (Å²) < 4.78 is 38.9. The van der Waals surface area contributed by atoms with E-state index in [1.54, 1.807) is 6.07 Å². The van der Waals surface area contributed by atoms with E-state index < -0.39 is 11.7 Å². The molecule has 0 bridgehead atoms. The lowest BCUT2D eigenvalue weighted by molar-refractivity contribution is -0.137. The van der Waals surface area contributed by atoms with Gasteiger partial charge in [0.1, 0.15) is 5.69 Å². The van der Waals surface area contributed by atoms with Crippen molar-refractivity contribution in [3.63, 3.8) is 0 Å². The smallest absolute Gasteiger partial charge is 0.322 e. The minimum Gasteiger partial charge on any atom is -0.322 e. The van der Waals surface area contributed by atoms with Gasteiger partial charge in [0.2, 0.25) is 5.91 Å². The molecule has 3 rings (SSSR count). The zero-order valence-electron chi connectivity index (χ0n) is 13.9. The summed E-state index contributed by atoms with van der Waals surface area (Å²) in [7, 11) is 0. The Morgan fingerprint density at radius 3 is 2.73 bits per heavy atom. The van der Waals surface area contributed by atoms with Gasteiger partial charge in [-0.1, -0.05) is 25.1 Å². The summed E-state index contributed by atoms with van der Waals surface area (Å²) in [5.41, 5.74) is 0.923. The van der Waals surface area contributed by atoms with E-state index in [9.17, 15) is 18.0 Å². The Bertz CT molecular complexity index is 901. The van der Waals surface area contributed by atoms with Crippen molar-refractivity contribution < 1.29 is 18.0 Å². The van der Waals surface area contributed by atoms with E-state index in [2.05, 4.69) is 15.5 Å². The number of thiophene rings is 1. The quantitative estimate of drug-likeness (QED) is 0.662. The molecule has 0 radical (unpaired) electrons. The van der Waals surface area contributed by atoms with Crippen LogP contribution in [0.1, 0.15) is 23.1 Å². The van der Waals surface area contributed by atoms with E-state index in [4.69, 9.17) is 0 Å². The molecule has 2 aromatic heterocycles. The van der Waals surface area contributed by atoms with E-state index in [0.717, 1.165) is 17.0 Å². The molecule has 0 aliphatic heterocycles. The van der Waals surface area contributed by atoms with Crippen molar-refractivity contribution in [1.82, 2.24) is 10.2 Å². The Hall–Kier alpha value is -2.61. The summed E-state index contributed by atoms with van der Waals surface area (Å²) in [6.07, 6.45) is -3.68. The first-order chi connectivity index (χ1) is 12.4. The molecule has 0 aliphatic rings. The number of H-pyrrole nitrogens is 1. The van der Waals surface area contributed by atoms with Crippen molar-refractivity contribution in [3.8, 4) is 11.3 Å². The molecule has 0 unspecified atom stereocenters. The number of alkyl halides is 3. The Labute approximate surface area is 152 Å². The highest BCUT2D eigenvalue weighted by atomic mass is 32.1. The van der Waals surface area contributed by atoms with E-state index in [1.165, 1.54) is 17.4 Å². The molecule has 26 heavy (non-hydrogen) atoms. The molecular formula is C18H16F3N3OS. The number of anilines is 1. The van der Waals surface area contributed by atoms with Crippen LogP contribution in [0.4, 0.5) is 18.9 Å². The van der Waals surface area contributed by atoms with E-state index in [1.807, 2.05) is 24.4 Å². The van der Waals surface area contributed by atoms with Gasteiger partial charge in [-0.05, 0) is 30.0 Å². The van der Waals surface area contributed by atoms with Gasteiger partial charge in [-0.2, -0.15) is 18.3 Å². The lowest BCUT2D eigenvalue weighted by atomic mass is 10.1. The molecule has 3 aromatic rings. The average Bonchev–Trinajstić information content (AvgIpc) is 3.24. The van der Waals surface area contributed by atoms with Crippen molar-refractivity contribution in [1.29, 1.82) is 0 Å². The Morgan fingerprint density at radius 1 is 1.27 bits per heavy atom. The summed E-state index contributed by atoms with van der Waals surface area (Å²) in [6.45, 7) is 1.87. The van der Waals surface area contributed by atoms with Crippen LogP contribution in [0.15, 0.2) is 41.8 Å². The second kappa shape index (κ2) is 7.33. The number of benzene rings is 1. The van der Waals surface area contributed by atoms with Crippen LogP contribution < -0.4 is 5.32 Å². The maximum absolute atomic E-state index is 13.0. The normalized spacial score (nSPS) is 11.5. The average molecular weight is 379 g/mol. The second-order valence-electron chi connectivity index (χ2n) is 5.66. The number of rotatable bonds is 5. The van der Waals surface area contributed by atoms with Crippen molar-refractivity contribution in [2.24, 2.45) is 0 Å². The number of nitrogens with zero attached hydrogens (tertiary/aromatic N) is 1. The molecule has 0 atom stereocenters. The summed E-state index contributed by atoms with van der Waals surface area (Å²) in [5.74, 6) is -0.239. The van der Waals surface area contributed by atoms with E-state index >= 15 is 0 Å². The van der Waals surface area contributed by atoms with Crippen LogP contribution >= 0.6 is 11.3 Å². The lowest BCUT2D eigenvalue weighted by Crippen LogP contribution is -2.15. The topological polar surface area (TPSA) is 57.8 Å². The van der Waals surface area contributed by atoms with Gasteiger partial charge in [0.05, 0.1) is 23.4 Å². The van der Waals surface area contributed by atoms with Gasteiger partial charge >= 0.3 is 6.18 Å². The van der Waals surface area contributed by atoms with E-state index in [-0.39, 0.29) is 12.3 Å². The third kappa shape index (κ3) is 3.96. The van der Waals surface area contributed by atoms with Crippen LogP contribution in [0, 0.1) is 0 Å². The third-order valence-corrected chi connectivity index (χ3v) is 4.71. The molecule has 4 nitrogen and oxygen atoms in total. The first-order valence-electron chi connectivity index (χ1n) is 7.95. The van der Waals surface area contributed by atoms with Gasteiger partial charge in [0, 0.05) is 10.4 Å².